The standard InChI is InChI=1S/C17H18N2OS/c1-2-19(14-11-7-4-8-12-14)17(20)15(16(18)21)13-9-5-3-6-10-13/h3-12,15H,2H2,1H3,(H2,18,21). The van der Waals surface area contributed by atoms with Crippen molar-refractivity contribution in [1.82, 2.24) is 0 Å². The highest BCUT2D eigenvalue weighted by Gasteiger charge is 2.28. The van der Waals surface area contributed by atoms with Crippen LogP contribution in [0.15, 0.2) is 60.7 Å². The topological polar surface area (TPSA) is 46.3 Å². The van der Waals surface area contributed by atoms with Gasteiger partial charge in [0.1, 0.15) is 5.92 Å². The zero-order valence-electron chi connectivity index (χ0n) is 11.9. The quantitative estimate of drug-likeness (QED) is 0.863. The maximum absolute atomic E-state index is 12.9. The number of amides is 1. The van der Waals surface area contributed by atoms with E-state index in [9.17, 15) is 4.79 Å². The smallest absolute Gasteiger partial charge is 0.241 e. The van der Waals surface area contributed by atoms with Crippen molar-refractivity contribution in [2.45, 2.75) is 12.8 Å². The number of hydrogen-bond acceptors (Lipinski definition) is 2. The summed E-state index contributed by atoms with van der Waals surface area (Å²) in [4.78, 5) is 14.8. The summed E-state index contributed by atoms with van der Waals surface area (Å²) in [5.41, 5.74) is 7.50. The lowest BCUT2D eigenvalue weighted by molar-refractivity contribution is -0.118. The molecule has 0 spiro atoms. The van der Waals surface area contributed by atoms with Crippen LogP contribution in [0.3, 0.4) is 0 Å². The van der Waals surface area contributed by atoms with Crippen molar-refractivity contribution in [3.05, 3.63) is 66.2 Å². The lowest BCUT2D eigenvalue weighted by Gasteiger charge is -2.26. The fourth-order valence-electron chi connectivity index (χ4n) is 2.30. The van der Waals surface area contributed by atoms with Gasteiger partial charge in [-0.05, 0) is 24.6 Å². The van der Waals surface area contributed by atoms with Gasteiger partial charge in [0, 0.05) is 12.2 Å². The molecular formula is C17H18N2OS. The van der Waals surface area contributed by atoms with Crippen molar-refractivity contribution in [3.8, 4) is 0 Å². The summed E-state index contributed by atoms with van der Waals surface area (Å²) in [6.07, 6.45) is 0. The van der Waals surface area contributed by atoms with Gasteiger partial charge in [-0.3, -0.25) is 4.79 Å². The molecule has 0 saturated carbocycles. The Balaban J connectivity index is 2.36. The number of likely N-dealkylation sites (N-methyl/N-ethyl adjacent to an activating group) is 1. The number of nitrogens with two attached hydrogens (primary N) is 1. The molecule has 0 fully saturated rings. The van der Waals surface area contributed by atoms with E-state index in [0.29, 0.717) is 6.54 Å². The molecule has 0 saturated heterocycles. The lowest BCUT2D eigenvalue weighted by atomic mass is 9.97. The average Bonchev–Trinajstić information content (AvgIpc) is 2.50. The minimum absolute atomic E-state index is 0.0950. The third-order valence-electron chi connectivity index (χ3n) is 3.31. The van der Waals surface area contributed by atoms with Gasteiger partial charge in [-0.2, -0.15) is 0 Å². The molecule has 1 amide bonds. The summed E-state index contributed by atoms with van der Waals surface area (Å²) in [6, 6.07) is 19.0. The van der Waals surface area contributed by atoms with Gasteiger partial charge < -0.3 is 10.6 Å². The number of para-hydroxylation sites is 1. The Morgan fingerprint density at radius 1 is 1.10 bits per heavy atom. The number of carbonyl (C=O) groups excluding carboxylic acids is 1. The van der Waals surface area contributed by atoms with Crippen LogP contribution in [-0.2, 0) is 4.79 Å². The van der Waals surface area contributed by atoms with Crippen molar-refractivity contribution >= 4 is 28.8 Å². The highest BCUT2D eigenvalue weighted by Crippen LogP contribution is 2.23. The summed E-state index contributed by atoms with van der Waals surface area (Å²) < 4.78 is 0. The highest BCUT2D eigenvalue weighted by atomic mass is 32.1. The number of rotatable bonds is 5. The number of carbonyl (C=O) groups is 1. The van der Waals surface area contributed by atoms with Crippen LogP contribution in [0, 0.1) is 0 Å². The van der Waals surface area contributed by atoms with E-state index >= 15 is 0 Å². The molecule has 2 rings (SSSR count). The minimum atomic E-state index is -0.596. The molecule has 108 valence electrons. The molecule has 0 aliphatic carbocycles. The molecule has 0 aliphatic rings. The third-order valence-corrected chi connectivity index (χ3v) is 3.55. The van der Waals surface area contributed by atoms with Gasteiger partial charge in [0.15, 0.2) is 0 Å². The van der Waals surface area contributed by atoms with Crippen LogP contribution < -0.4 is 10.6 Å². The summed E-state index contributed by atoms with van der Waals surface area (Å²) in [5.74, 6) is -0.691. The van der Waals surface area contributed by atoms with E-state index in [2.05, 4.69) is 0 Å². The Morgan fingerprint density at radius 2 is 1.62 bits per heavy atom. The van der Waals surface area contributed by atoms with E-state index in [-0.39, 0.29) is 10.9 Å². The highest BCUT2D eigenvalue weighted by molar-refractivity contribution is 7.80. The van der Waals surface area contributed by atoms with Crippen LogP contribution in [0.25, 0.3) is 0 Å². The van der Waals surface area contributed by atoms with E-state index in [1.54, 1.807) is 4.90 Å². The van der Waals surface area contributed by atoms with Gasteiger partial charge in [0.25, 0.3) is 0 Å². The normalized spacial score (nSPS) is 11.7. The van der Waals surface area contributed by atoms with Gasteiger partial charge in [-0.1, -0.05) is 60.7 Å². The monoisotopic (exact) mass is 298 g/mol. The van der Waals surface area contributed by atoms with E-state index in [1.165, 1.54) is 0 Å². The summed E-state index contributed by atoms with van der Waals surface area (Å²) >= 11 is 5.12. The first-order chi connectivity index (χ1) is 10.1. The largest absolute Gasteiger partial charge is 0.392 e. The fraction of sp³-hybridized carbons (Fsp3) is 0.176. The average molecular weight is 298 g/mol. The molecule has 1 unspecified atom stereocenters. The Labute approximate surface area is 130 Å². The molecule has 1 atom stereocenters. The Kier molecular flexibility index (Phi) is 5.06. The molecule has 4 heteroatoms. The first kappa shape index (κ1) is 15.2. The van der Waals surface area contributed by atoms with Crippen molar-refractivity contribution in [2.75, 3.05) is 11.4 Å². The van der Waals surface area contributed by atoms with Crippen LogP contribution in [0.5, 0.6) is 0 Å². The predicted octanol–water partition coefficient (Wildman–Crippen LogP) is 3.11. The van der Waals surface area contributed by atoms with E-state index < -0.39 is 5.92 Å². The zero-order chi connectivity index (χ0) is 15.2. The molecule has 2 N–H and O–H groups in total. The Hall–Kier alpha value is -2.20. The number of thiocarbonyl (C=S) groups is 1. The number of hydrogen-bond donors (Lipinski definition) is 1. The van der Waals surface area contributed by atoms with Gasteiger partial charge in [0.05, 0.1) is 4.99 Å². The molecule has 0 aliphatic heterocycles. The first-order valence-electron chi connectivity index (χ1n) is 6.85. The second kappa shape index (κ2) is 6.99. The Morgan fingerprint density at radius 3 is 2.10 bits per heavy atom. The van der Waals surface area contributed by atoms with Gasteiger partial charge >= 0.3 is 0 Å². The summed E-state index contributed by atoms with van der Waals surface area (Å²) in [5, 5.41) is 0. The second-order valence-electron chi connectivity index (χ2n) is 4.66. The number of anilines is 1. The molecular weight excluding hydrogens is 280 g/mol. The van der Waals surface area contributed by atoms with E-state index in [1.807, 2.05) is 67.6 Å². The number of nitrogens with zero attached hydrogens (tertiary/aromatic N) is 1. The molecule has 0 heterocycles. The first-order valence-corrected chi connectivity index (χ1v) is 7.26. The van der Waals surface area contributed by atoms with E-state index in [4.69, 9.17) is 18.0 Å². The van der Waals surface area contributed by atoms with Crippen LogP contribution in [0.1, 0.15) is 18.4 Å². The molecule has 2 aromatic rings. The van der Waals surface area contributed by atoms with Crippen molar-refractivity contribution in [3.63, 3.8) is 0 Å². The van der Waals surface area contributed by atoms with Crippen molar-refractivity contribution in [1.29, 1.82) is 0 Å². The van der Waals surface area contributed by atoms with Gasteiger partial charge in [0.2, 0.25) is 5.91 Å². The molecule has 0 aromatic heterocycles. The van der Waals surface area contributed by atoms with Crippen LogP contribution in [0.2, 0.25) is 0 Å². The third kappa shape index (κ3) is 3.47. The maximum Gasteiger partial charge on any atom is 0.241 e. The lowest BCUT2D eigenvalue weighted by Crippen LogP contribution is -2.39. The summed E-state index contributed by atoms with van der Waals surface area (Å²) in [6.45, 7) is 2.50. The molecule has 21 heavy (non-hydrogen) atoms. The van der Waals surface area contributed by atoms with E-state index in [0.717, 1.165) is 11.3 Å². The second-order valence-corrected chi connectivity index (χ2v) is 5.14. The number of benzene rings is 2. The van der Waals surface area contributed by atoms with Crippen LogP contribution in [0.4, 0.5) is 5.69 Å². The van der Waals surface area contributed by atoms with Crippen molar-refractivity contribution in [2.24, 2.45) is 5.73 Å². The molecule has 0 radical (unpaired) electrons. The van der Waals surface area contributed by atoms with Gasteiger partial charge in [-0.15, -0.1) is 0 Å². The molecule has 2 aromatic carbocycles. The predicted molar refractivity (Wildman–Crippen MR) is 90.4 cm³/mol. The zero-order valence-corrected chi connectivity index (χ0v) is 12.7. The minimum Gasteiger partial charge on any atom is -0.392 e. The summed E-state index contributed by atoms with van der Waals surface area (Å²) in [7, 11) is 0. The molecule has 3 nitrogen and oxygen atoms in total. The maximum atomic E-state index is 12.9. The van der Waals surface area contributed by atoms with Crippen LogP contribution >= 0.6 is 12.2 Å². The SMILES string of the molecule is CCN(C(=O)C(C(N)=S)c1ccccc1)c1ccccc1. The van der Waals surface area contributed by atoms with Gasteiger partial charge in [-0.25, -0.2) is 0 Å². The Bertz CT molecular complexity index is 613. The van der Waals surface area contributed by atoms with Crippen molar-refractivity contribution < 1.29 is 4.79 Å². The fourth-order valence-corrected chi connectivity index (χ4v) is 2.54. The molecule has 0 bridgehead atoms. The van der Waals surface area contributed by atoms with Crippen LogP contribution in [-0.4, -0.2) is 17.4 Å².